The lowest BCUT2D eigenvalue weighted by atomic mass is 10.2. The topological polar surface area (TPSA) is 64.4 Å². The Kier molecular flexibility index (Phi) is 6.39. The second kappa shape index (κ2) is 8.80. The van der Waals surface area contributed by atoms with E-state index in [1.165, 1.54) is 4.31 Å². The van der Waals surface area contributed by atoms with E-state index in [-0.39, 0.29) is 17.5 Å². The van der Waals surface area contributed by atoms with Crippen LogP contribution in [-0.2, 0) is 23.1 Å². The number of hydrogen-bond donors (Lipinski definition) is 0. The van der Waals surface area contributed by atoms with Crippen molar-refractivity contribution in [2.45, 2.75) is 44.9 Å². The molecule has 3 aromatic rings. The Morgan fingerprint density at radius 3 is 2.48 bits per heavy atom. The fourth-order valence-corrected chi connectivity index (χ4v) is 4.28. The maximum Gasteiger partial charge on any atom is 0.243 e. The van der Waals surface area contributed by atoms with Crippen molar-refractivity contribution in [1.29, 1.82) is 0 Å². The van der Waals surface area contributed by atoms with E-state index in [2.05, 4.69) is 5.10 Å². The zero-order valence-electron chi connectivity index (χ0n) is 17.2. The molecule has 0 amide bonds. The Balaban J connectivity index is 1.71. The van der Waals surface area contributed by atoms with Gasteiger partial charge in [0.2, 0.25) is 10.0 Å². The van der Waals surface area contributed by atoms with Crippen molar-refractivity contribution in [3.63, 3.8) is 0 Å². The van der Waals surface area contributed by atoms with Gasteiger partial charge in [-0.1, -0.05) is 30.3 Å². The lowest BCUT2D eigenvalue weighted by molar-refractivity contribution is 0.240. The predicted octanol–water partition coefficient (Wildman–Crippen LogP) is 3.85. The first-order chi connectivity index (χ1) is 13.8. The van der Waals surface area contributed by atoms with Gasteiger partial charge >= 0.3 is 0 Å². The number of ether oxygens (including phenoxy) is 1. The molecule has 6 nitrogen and oxygen atoms in total. The quantitative estimate of drug-likeness (QED) is 0.563. The summed E-state index contributed by atoms with van der Waals surface area (Å²) in [6.07, 6.45) is 3.62. The minimum atomic E-state index is -3.61. The molecule has 0 radical (unpaired) electrons. The molecular weight excluding hydrogens is 386 g/mol. The Hall–Kier alpha value is -2.64. The molecule has 0 fully saturated rings. The smallest absolute Gasteiger partial charge is 0.243 e. The van der Waals surface area contributed by atoms with E-state index in [9.17, 15) is 8.42 Å². The molecule has 0 N–H and O–H groups in total. The number of aromatic nitrogens is 2. The maximum atomic E-state index is 13.0. The molecule has 0 bridgehead atoms. The summed E-state index contributed by atoms with van der Waals surface area (Å²) in [5, 5.41) is 4.35. The molecular formula is C22H27N3O3S. The van der Waals surface area contributed by atoms with Crippen LogP contribution in [0, 0.1) is 6.92 Å². The fourth-order valence-electron chi connectivity index (χ4n) is 3.04. The summed E-state index contributed by atoms with van der Waals surface area (Å²) in [6.45, 7) is 6.63. The van der Waals surface area contributed by atoms with Crippen molar-refractivity contribution in [3.05, 3.63) is 77.6 Å². The minimum absolute atomic E-state index is 0.0336. The molecule has 29 heavy (non-hydrogen) atoms. The standard InChI is InChI=1S/C22H27N3O3S/c1-17(2)28-22-11-10-21(12-18(22)3)29(26,27)24(4)14-20-13-23-25(16-20)15-19-8-6-5-7-9-19/h5-13,16-17H,14-15H2,1-4H3. The van der Waals surface area contributed by atoms with Gasteiger partial charge in [0.25, 0.3) is 0 Å². The van der Waals surface area contributed by atoms with Gasteiger partial charge in [-0.25, -0.2) is 8.42 Å². The number of rotatable bonds is 8. The average Bonchev–Trinajstić information content (AvgIpc) is 3.10. The van der Waals surface area contributed by atoms with Crippen molar-refractivity contribution < 1.29 is 13.2 Å². The van der Waals surface area contributed by atoms with Crippen LogP contribution in [0.1, 0.15) is 30.5 Å². The van der Waals surface area contributed by atoms with Crippen LogP contribution in [0.5, 0.6) is 5.75 Å². The van der Waals surface area contributed by atoms with E-state index in [0.29, 0.717) is 12.3 Å². The molecule has 0 saturated carbocycles. The van der Waals surface area contributed by atoms with Crippen LogP contribution in [-0.4, -0.2) is 35.7 Å². The summed E-state index contributed by atoms with van der Waals surface area (Å²) in [7, 11) is -2.03. The number of benzene rings is 2. The van der Waals surface area contributed by atoms with Gasteiger partial charge in [0.05, 0.1) is 23.7 Å². The fraction of sp³-hybridized carbons (Fsp3) is 0.318. The molecule has 0 aliphatic rings. The van der Waals surface area contributed by atoms with Gasteiger partial charge in [-0.15, -0.1) is 0 Å². The molecule has 7 heteroatoms. The minimum Gasteiger partial charge on any atom is -0.491 e. The van der Waals surface area contributed by atoms with E-state index in [1.807, 2.05) is 62.0 Å². The summed E-state index contributed by atoms with van der Waals surface area (Å²) in [4.78, 5) is 0.255. The number of nitrogens with zero attached hydrogens (tertiary/aromatic N) is 3. The summed E-state index contributed by atoms with van der Waals surface area (Å²) in [5.41, 5.74) is 2.77. The molecule has 2 aromatic carbocycles. The van der Waals surface area contributed by atoms with Gasteiger partial charge < -0.3 is 4.74 Å². The van der Waals surface area contributed by atoms with Gasteiger partial charge in [-0.3, -0.25) is 4.68 Å². The first-order valence-corrected chi connectivity index (χ1v) is 11.0. The molecule has 0 spiro atoms. The van der Waals surface area contributed by atoms with Crippen LogP contribution in [0.25, 0.3) is 0 Å². The van der Waals surface area contributed by atoms with E-state index in [1.54, 1.807) is 31.4 Å². The number of sulfonamides is 1. The van der Waals surface area contributed by atoms with Gasteiger partial charge in [0.15, 0.2) is 0 Å². The third-order valence-electron chi connectivity index (χ3n) is 4.50. The van der Waals surface area contributed by atoms with Gasteiger partial charge in [-0.2, -0.15) is 9.40 Å². The Bertz CT molecular complexity index is 1060. The SMILES string of the molecule is Cc1cc(S(=O)(=O)N(C)Cc2cnn(Cc3ccccc3)c2)ccc1OC(C)C. The van der Waals surface area contributed by atoms with Gasteiger partial charge in [0, 0.05) is 25.4 Å². The second-order valence-corrected chi connectivity index (χ2v) is 9.43. The molecule has 154 valence electrons. The van der Waals surface area contributed by atoms with Crippen LogP contribution in [0.4, 0.5) is 0 Å². The highest BCUT2D eigenvalue weighted by atomic mass is 32.2. The molecule has 0 saturated heterocycles. The van der Waals surface area contributed by atoms with Crippen LogP contribution >= 0.6 is 0 Å². The summed E-state index contributed by atoms with van der Waals surface area (Å²) in [5.74, 6) is 0.698. The monoisotopic (exact) mass is 413 g/mol. The maximum absolute atomic E-state index is 13.0. The Labute approximate surface area is 172 Å². The number of hydrogen-bond acceptors (Lipinski definition) is 4. The van der Waals surface area contributed by atoms with E-state index < -0.39 is 10.0 Å². The van der Waals surface area contributed by atoms with E-state index in [4.69, 9.17) is 4.74 Å². The summed E-state index contributed by atoms with van der Waals surface area (Å²) in [6, 6.07) is 15.0. The molecule has 0 aliphatic heterocycles. The molecule has 0 aliphatic carbocycles. The Morgan fingerprint density at radius 1 is 1.10 bits per heavy atom. The van der Waals surface area contributed by atoms with Crippen molar-refractivity contribution in [3.8, 4) is 5.75 Å². The third-order valence-corrected chi connectivity index (χ3v) is 6.30. The third kappa shape index (κ3) is 5.25. The summed E-state index contributed by atoms with van der Waals surface area (Å²) >= 11 is 0. The highest BCUT2D eigenvalue weighted by molar-refractivity contribution is 7.89. The first-order valence-electron chi connectivity index (χ1n) is 9.54. The molecule has 3 rings (SSSR count). The lowest BCUT2D eigenvalue weighted by Gasteiger charge is -2.18. The van der Waals surface area contributed by atoms with Crippen molar-refractivity contribution >= 4 is 10.0 Å². The highest BCUT2D eigenvalue weighted by Gasteiger charge is 2.22. The molecule has 1 aromatic heterocycles. The van der Waals surface area contributed by atoms with Crippen molar-refractivity contribution in [2.75, 3.05) is 7.05 Å². The lowest BCUT2D eigenvalue weighted by Crippen LogP contribution is -2.26. The van der Waals surface area contributed by atoms with Gasteiger partial charge in [-0.05, 0) is 50.1 Å². The van der Waals surface area contributed by atoms with Crippen LogP contribution in [0.2, 0.25) is 0 Å². The zero-order chi connectivity index (χ0) is 21.0. The van der Waals surface area contributed by atoms with Crippen LogP contribution in [0.15, 0.2) is 65.8 Å². The second-order valence-electron chi connectivity index (χ2n) is 7.39. The molecule has 0 atom stereocenters. The number of aryl methyl sites for hydroxylation is 1. The van der Waals surface area contributed by atoms with Crippen LogP contribution < -0.4 is 4.74 Å². The van der Waals surface area contributed by atoms with E-state index in [0.717, 1.165) is 16.7 Å². The van der Waals surface area contributed by atoms with Crippen molar-refractivity contribution in [1.82, 2.24) is 14.1 Å². The highest BCUT2D eigenvalue weighted by Crippen LogP contribution is 2.25. The zero-order valence-corrected chi connectivity index (χ0v) is 18.1. The average molecular weight is 414 g/mol. The molecule has 1 heterocycles. The summed E-state index contributed by atoms with van der Waals surface area (Å²) < 4.78 is 34.8. The van der Waals surface area contributed by atoms with Crippen molar-refractivity contribution in [2.24, 2.45) is 0 Å². The predicted molar refractivity (Wildman–Crippen MR) is 113 cm³/mol. The van der Waals surface area contributed by atoms with Crippen LogP contribution in [0.3, 0.4) is 0 Å². The first kappa shape index (κ1) is 21.1. The largest absolute Gasteiger partial charge is 0.491 e. The molecule has 0 unspecified atom stereocenters. The van der Waals surface area contributed by atoms with E-state index >= 15 is 0 Å². The Morgan fingerprint density at radius 2 is 1.83 bits per heavy atom. The normalized spacial score (nSPS) is 11.9. The van der Waals surface area contributed by atoms with Gasteiger partial charge in [0.1, 0.15) is 5.75 Å².